The van der Waals surface area contributed by atoms with E-state index in [2.05, 4.69) is 31.9 Å². The van der Waals surface area contributed by atoms with Gasteiger partial charge < -0.3 is 5.73 Å². The van der Waals surface area contributed by atoms with Gasteiger partial charge in [0.05, 0.1) is 5.69 Å². The van der Waals surface area contributed by atoms with E-state index in [1.165, 1.54) is 11.4 Å². The lowest BCUT2D eigenvalue weighted by atomic mass is 10.2. The molecule has 0 bridgehead atoms. The average molecular weight is 434 g/mol. The van der Waals surface area contributed by atoms with E-state index < -0.39 is 10.0 Å². The van der Waals surface area contributed by atoms with Crippen LogP contribution in [0.15, 0.2) is 50.2 Å². The molecule has 0 aromatic heterocycles. The molecule has 2 aromatic rings. The highest BCUT2D eigenvalue weighted by Crippen LogP contribution is 2.32. The fraction of sp³-hybridized carbons (Fsp3) is 0.143. The van der Waals surface area contributed by atoms with Crippen molar-refractivity contribution < 1.29 is 8.42 Å². The highest BCUT2D eigenvalue weighted by molar-refractivity contribution is 9.11. The number of sulfonamides is 1. The molecule has 2 aromatic carbocycles. The first-order valence-electron chi connectivity index (χ1n) is 6.03. The molecule has 0 unspecified atom stereocenters. The van der Waals surface area contributed by atoms with Crippen molar-refractivity contribution in [2.24, 2.45) is 0 Å². The zero-order chi connectivity index (χ0) is 15.8. The first-order chi connectivity index (χ1) is 9.73. The number of nitrogen functional groups attached to an aromatic ring is 1. The molecule has 2 N–H and O–H groups in total. The van der Waals surface area contributed by atoms with Gasteiger partial charge in [-0.25, -0.2) is 8.42 Å². The molecule has 0 aliphatic carbocycles. The topological polar surface area (TPSA) is 63.4 Å². The zero-order valence-corrected chi connectivity index (χ0v) is 15.5. The molecule has 0 fully saturated rings. The standard InChI is InChI=1S/C14H14Br2N2O2S/c1-9-7-13(16)14(8-12(9)15)21(19,20)18(2)11-5-3-10(17)4-6-11/h3-8H,17H2,1-2H3. The van der Waals surface area contributed by atoms with Crippen LogP contribution in [0.1, 0.15) is 5.56 Å². The van der Waals surface area contributed by atoms with E-state index in [4.69, 9.17) is 5.73 Å². The van der Waals surface area contributed by atoms with Crippen LogP contribution in [-0.2, 0) is 10.0 Å². The number of anilines is 2. The summed E-state index contributed by atoms with van der Waals surface area (Å²) in [7, 11) is -2.14. The maximum atomic E-state index is 12.7. The first kappa shape index (κ1) is 16.3. The lowest BCUT2D eigenvalue weighted by molar-refractivity contribution is 0.594. The predicted molar refractivity (Wildman–Crippen MR) is 93.0 cm³/mol. The number of hydrogen-bond acceptors (Lipinski definition) is 3. The highest BCUT2D eigenvalue weighted by Gasteiger charge is 2.24. The van der Waals surface area contributed by atoms with Crippen LogP contribution in [0.3, 0.4) is 0 Å². The summed E-state index contributed by atoms with van der Waals surface area (Å²) in [6.07, 6.45) is 0. The summed E-state index contributed by atoms with van der Waals surface area (Å²) < 4.78 is 28.0. The lowest BCUT2D eigenvalue weighted by Gasteiger charge is -2.21. The van der Waals surface area contributed by atoms with Gasteiger partial charge in [-0.2, -0.15) is 0 Å². The molecule has 0 aliphatic rings. The number of hydrogen-bond donors (Lipinski definition) is 1. The van der Waals surface area contributed by atoms with Crippen LogP contribution in [0.4, 0.5) is 11.4 Å². The molecule has 2 rings (SSSR count). The molecule has 0 aliphatic heterocycles. The monoisotopic (exact) mass is 432 g/mol. The minimum absolute atomic E-state index is 0.208. The quantitative estimate of drug-likeness (QED) is 0.746. The van der Waals surface area contributed by atoms with Crippen molar-refractivity contribution in [3.05, 3.63) is 50.9 Å². The Morgan fingerprint density at radius 3 is 2.19 bits per heavy atom. The van der Waals surface area contributed by atoms with Crippen LogP contribution >= 0.6 is 31.9 Å². The van der Waals surface area contributed by atoms with Gasteiger partial charge in [0.1, 0.15) is 4.90 Å². The van der Waals surface area contributed by atoms with Crippen LogP contribution < -0.4 is 10.0 Å². The molecule has 0 saturated heterocycles. The molecule has 0 radical (unpaired) electrons. The van der Waals surface area contributed by atoms with Crippen molar-refractivity contribution in [3.63, 3.8) is 0 Å². The number of nitrogens with two attached hydrogens (primary N) is 1. The summed E-state index contributed by atoms with van der Waals surface area (Å²) in [6, 6.07) is 10.0. The second kappa shape index (κ2) is 5.98. The summed E-state index contributed by atoms with van der Waals surface area (Å²) in [4.78, 5) is 0.208. The van der Waals surface area contributed by atoms with Gasteiger partial charge in [-0.05, 0) is 64.8 Å². The Morgan fingerprint density at radius 1 is 1.05 bits per heavy atom. The van der Waals surface area contributed by atoms with E-state index in [0.29, 0.717) is 15.8 Å². The molecule has 7 heteroatoms. The first-order valence-corrected chi connectivity index (χ1v) is 9.06. The fourth-order valence-corrected chi connectivity index (χ4v) is 4.63. The van der Waals surface area contributed by atoms with Gasteiger partial charge in [-0.3, -0.25) is 4.31 Å². The Labute approximate surface area is 141 Å². The van der Waals surface area contributed by atoms with E-state index in [1.807, 2.05) is 6.92 Å². The number of benzene rings is 2. The van der Waals surface area contributed by atoms with Crippen LogP contribution in [0.25, 0.3) is 0 Å². The van der Waals surface area contributed by atoms with Gasteiger partial charge >= 0.3 is 0 Å². The molecule has 0 atom stereocenters. The summed E-state index contributed by atoms with van der Waals surface area (Å²) >= 11 is 6.69. The van der Waals surface area contributed by atoms with E-state index in [-0.39, 0.29) is 4.90 Å². The Morgan fingerprint density at radius 2 is 1.62 bits per heavy atom. The third-order valence-electron chi connectivity index (χ3n) is 3.11. The van der Waals surface area contributed by atoms with Crippen molar-refractivity contribution >= 4 is 53.3 Å². The summed E-state index contributed by atoms with van der Waals surface area (Å²) in [5, 5.41) is 0. The maximum Gasteiger partial charge on any atom is 0.265 e. The number of halogens is 2. The maximum absolute atomic E-state index is 12.7. The summed E-state index contributed by atoms with van der Waals surface area (Å²) in [5.41, 5.74) is 7.72. The van der Waals surface area contributed by atoms with Crippen LogP contribution in [0, 0.1) is 6.92 Å². The van der Waals surface area contributed by atoms with Crippen LogP contribution in [-0.4, -0.2) is 15.5 Å². The van der Waals surface area contributed by atoms with E-state index in [0.717, 1.165) is 10.0 Å². The molecule has 0 spiro atoms. The Balaban J connectivity index is 2.51. The van der Waals surface area contributed by atoms with Gasteiger partial charge in [-0.1, -0.05) is 15.9 Å². The Hall–Kier alpha value is -1.05. The fourth-order valence-electron chi connectivity index (χ4n) is 1.80. The van der Waals surface area contributed by atoms with E-state index >= 15 is 0 Å². The predicted octanol–water partition coefficient (Wildman–Crippen LogP) is 3.93. The Bertz CT molecular complexity index is 774. The van der Waals surface area contributed by atoms with Crippen LogP contribution in [0.5, 0.6) is 0 Å². The molecular formula is C14H14Br2N2O2S. The number of aryl methyl sites for hydroxylation is 1. The molecule has 0 amide bonds. The Kier molecular flexibility index (Phi) is 4.65. The van der Waals surface area contributed by atoms with Crippen LogP contribution in [0.2, 0.25) is 0 Å². The molecule has 0 saturated carbocycles. The number of rotatable bonds is 3. The SMILES string of the molecule is Cc1cc(Br)c(S(=O)(=O)N(C)c2ccc(N)cc2)cc1Br. The molecule has 4 nitrogen and oxygen atoms in total. The van der Waals surface area contributed by atoms with Gasteiger partial charge in [0.2, 0.25) is 0 Å². The zero-order valence-electron chi connectivity index (χ0n) is 11.5. The highest BCUT2D eigenvalue weighted by atomic mass is 79.9. The molecule has 112 valence electrons. The van der Waals surface area contributed by atoms with E-state index in [1.54, 1.807) is 36.4 Å². The van der Waals surface area contributed by atoms with Gasteiger partial charge in [0, 0.05) is 21.7 Å². The molecule has 21 heavy (non-hydrogen) atoms. The van der Waals surface area contributed by atoms with Crippen molar-refractivity contribution in [3.8, 4) is 0 Å². The smallest absolute Gasteiger partial charge is 0.265 e. The van der Waals surface area contributed by atoms with Gasteiger partial charge in [0.25, 0.3) is 10.0 Å². The molecular weight excluding hydrogens is 420 g/mol. The van der Waals surface area contributed by atoms with Crippen molar-refractivity contribution in [1.29, 1.82) is 0 Å². The second-order valence-electron chi connectivity index (χ2n) is 4.60. The second-order valence-corrected chi connectivity index (χ2v) is 8.24. The number of nitrogens with zero attached hydrogens (tertiary/aromatic N) is 1. The average Bonchev–Trinajstić information content (AvgIpc) is 2.42. The third kappa shape index (κ3) is 3.25. The van der Waals surface area contributed by atoms with Crippen molar-refractivity contribution in [1.82, 2.24) is 0 Å². The third-order valence-corrected chi connectivity index (χ3v) is 6.71. The van der Waals surface area contributed by atoms with Gasteiger partial charge in [-0.15, -0.1) is 0 Å². The molecule has 0 heterocycles. The largest absolute Gasteiger partial charge is 0.399 e. The minimum atomic E-state index is -3.66. The van der Waals surface area contributed by atoms with Crippen molar-refractivity contribution in [2.75, 3.05) is 17.1 Å². The lowest BCUT2D eigenvalue weighted by Crippen LogP contribution is -2.26. The summed E-state index contributed by atoms with van der Waals surface area (Å²) in [5.74, 6) is 0. The van der Waals surface area contributed by atoms with Crippen molar-refractivity contribution in [2.45, 2.75) is 11.8 Å². The van der Waals surface area contributed by atoms with E-state index in [9.17, 15) is 8.42 Å². The van der Waals surface area contributed by atoms with Gasteiger partial charge in [0.15, 0.2) is 0 Å². The minimum Gasteiger partial charge on any atom is -0.399 e. The normalized spacial score (nSPS) is 11.4. The summed E-state index contributed by atoms with van der Waals surface area (Å²) in [6.45, 7) is 1.90.